The second-order valence-electron chi connectivity index (χ2n) is 7.21. The third-order valence-corrected chi connectivity index (χ3v) is 4.01. The number of fused-ring (bicyclic) bond motifs is 1. The normalized spacial score (nSPS) is 11.3. The van der Waals surface area contributed by atoms with Crippen LogP contribution in [0.2, 0.25) is 0 Å². The van der Waals surface area contributed by atoms with E-state index in [4.69, 9.17) is 6.42 Å². The van der Waals surface area contributed by atoms with Crippen LogP contribution in [0, 0.1) is 24.7 Å². The lowest BCUT2D eigenvalue weighted by molar-refractivity contribution is -0.123. The molecular formula is C20H20N4O2. The summed E-state index contributed by atoms with van der Waals surface area (Å²) in [5.74, 6) is 2.90. The number of nitrogens with one attached hydrogen (secondary N) is 2. The number of terminal acetylenes is 1. The van der Waals surface area contributed by atoms with Crippen molar-refractivity contribution in [2.45, 2.75) is 27.7 Å². The Bertz CT molecular complexity index is 1090. The standard InChI is InChI=1S/C20H20N4O2/c1-6-16-23-17-14(11-15(21-17)22-19(26)20(3,4)5)18(25)24(16)13-9-7-12(2)8-10-13/h1,7-11,21H,2-5H3,(H,22,26). The Kier molecular flexibility index (Phi) is 4.17. The van der Waals surface area contributed by atoms with Crippen LogP contribution in [0.15, 0.2) is 35.1 Å². The molecule has 0 saturated carbocycles. The summed E-state index contributed by atoms with van der Waals surface area (Å²) in [6.07, 6.45) is 5.57. The number of aromatic nitrogens is 3. The molecular weight excluding hydrogens is 328 g/mol. The van der Waals surface area contributed by atoms with E-state index >= 15 is 0 Å². The molecule has 6 nitrogen and oxygen atoms in total. The molecule has 1 amide bonds. The summed E-state index contributed by atoms with van der Waals surface area (Å²) in [5, 5.41) is 3.12. The van der Waals surface area contributed by atoms with Gasteiger partial charge < -0.3 is 10.3 Å². The second-order valence-corrected chi connectivity index (χ2v) is 7.21. The van der Waals surface area contributed by atoms with Crippen molar-refractivity contribution in [3.63, 3.8) is 0 Å². The van der Waals surface area contributed by atoms with Gasteiger partial charge in [0, 0.05) is 5.41 Å². The molecule has 26 heavy (non-hydrogen) atoms. The van der Waals surface area contributed by atoms with Crippen LogP contribution in [-0.2, 0) is 4.79 Å². The molecule has 0 radical (unpaired) electrons. The molecule has 132 valence electrons. The molecule has 2 N–H and O–H groups in total. The highest BCUT2D eigenvalue weighted by molar-refractivity contribution is 5.96. The Labute approximate surface area is 151 Å². The molecule has 0 aliphatic carbocycles. The fraction of sp³-hybridized carbons (Fsp3) is 0.250. The molecule has 0 aliphatic heterocycles. The van der Waals surface area contributed by atoms with Crippen molar-refractivity contribution in [1.29, 1.82) is 0 Å². The van der Waals surface area contributed by atoms with E-state index in [2.05, 4.69) is 21.2 Å². The van der Waals surface area contributed by atoms with Gasteiger partial charge in [0.2, 0.25) is 5.91 Å². The van der Waals surface area contributed by atoms with Crippen LogP contribution >= 0.6 is 0 Å². The highest BCUT2D eigenvalue weighted by Crippen LogP contribution is 2.20. The van der Waals surface area contributed by atoms with Crippen molar-refractivity contribution >= 4 is 22.8 Å². The molecule has 0 bridgehead atoms. The molecule has 3 rings (SSSR count). The number of anilines is 1. The van der Waals surface area contributed by atoms with Crippen molar-refractivity contribution in [3.05, 3.63) is 52.1 Å². The number of carbonyl (C=O) groups excluding carboxylic acids is 1. The van der Waals surface area contributed by atoms with Gasteiger partial charge in [-0.2, -0.15) is 0 Å². The van der Waals surface area contributed by atoms with Gasteiger partial charge in [-0.1, -0.05) is 38.5 Å². The number of hydrogen-bond donors (Lipinski definition) is 2. The SMILES string of the molecule is C#Cc1nc2[nH]c(NC(=O)C(C)(C)C)cc2c(=O)n1-c1ccc(C)cc1. The Morgan fingerprint density at radius 1 is 1.27 bits per heavy atom. The first-order valence-corrected chi connectivity index (χ1v) is 8.21. The highest BCUT2D eigenvalue weighted by Gasteiger charge is 2.22. The van der Waals surface area contributed by atoms with Crippen LogP contribution in [0.3, 0.4) is 0 Å². The molecule has 0 atom stereocenters. The van der Waals surface area contributed by atoms with Gasteiger partial charge >= 0.3 is 0 Å². The third-order valence-electron chi connectivity index (χ3n) is 4.01. The van der Waals surface area contributed by atoms with Gasteiger partial charge in [0.15, 0.2) is 5.82 Å². The Hall–Kier alpha value is -3.33. The zero-order chi connectivity index (χ0) is 19.1. The number of benzene rings is 1. The van der Waals surface area contributed by atoms with Crippen molar-refractivity contribution in [2.24, 2.45) is 5.41 Å². The van der Waals surface area contributed by atoms with Crippen LogP contribution in [0.4, 0.5) is 5.82 Å². The van der Waals surface area contributed by atoms with E-state index in [-0.39, 0.29) is 17.3 Å². The van der Waals surface area contributed by atoms with Gasteiger partial charge in [-0.3, -0.25) is 14.2 Å². The van der Waals surface area contributed by atoms with E-state index in [9.17, 15) is 9.59 Å². The molecule has 2 aromatic heterocycles. The maximum Gasteiger partial charge on any atom is 0.268 e. The number of rotatable bonds is 2. The van der Waals surface area contributed by atoms with Crippen LogP contribution < -0.4 is 10.9 Å². The topological polar surface area (TPSA) is 79.8 Å². The minimum atomic E-state index is -0.559. The minimum absolute atomic E-state index is 0.167. The zero-order valence-electron chi connectivity index (χ0n) is 15.2. The third kappa shape index (κ3) is 3.11. The van der Waals surface area contributed by atoms with E-state index in [1.807, 2.05) is 52.0 Å². The van der Waals surface area contributed by atoms with Crippen molar-refractivity contribution < 1.29 is 4.79 Å². The minimum Gasteiger partial charge on any atom is -0.326 e. The van der Waals surface area contributed by atoms with Crippen LogP contribution in [0.1, 0.15) is 32.2 Å². The predicted molar refractivity (Wildman–Crippen MR) is 102 cm³/mol. The molecule has 3 aromatic rings. The Morgan fingerprint density at radius 2 is 1.92 bits per heavy atom. The molecule has 0 saturated heterocycles. The van der Waals surface area contributed by atoms with Crippen LogP contribution in [0.5, 0.6) is 0 Å². The average Bonchev–Trinajstić information content (AvgIpc) is 2.98. The van der Waals surface area contributed by atoms with Crippen LogP contribution in [0.25, 0.3) is 16.7 Å². The Balaban J connectivity index is 2.15. The molecule has 6 heteroatoms. The summed E-state index contributed by atoms with van der Waals surface area (Å²) >= 11 is 0. The first-order valence-electron chi connectivity index (χ1n) is 8.21. The molecule has 1 aromatic carbocycles. The summed E-state index contributed by atoms with van der Waals surface area (Å²) in [6.45, 7) is 7.39. The number of H-pyrrole nitrogens is 1. The number of aromatic amines is 1. The van der Waals surface area contributed by atoms with E-state index < -0.39 is 5.41 Å². The number of hydrogen-bond acceptors (Lipinski definition) is 3. The van der Waals surface area contributed by atoms with Gasteiger partial charge in [-0.15, -0.1) is 6.42 Å². The first-order chi connectivity index (χ1) is 12.2. The zero-order valence-corrected chi connectivity index (χ0v) is 15.2. The number of carbonyl (C=O) groups is 1. The summed E-state index contributed by atoms with van der Waals surface area (Å²) in [4.78, 5) is 32.5. The molecule has 2 heterocycles. The molecule has 0 unspecified atom stereocenters. The van der Waals surface area contributed by atoms with E-state index in [1.165, 1.54) is 4.57 Å². The largest absolute Gasteiger partial charge is 0.326 e. The van der Waals surface area contributed by atoms with Gasteiger partial charge in [0.05, 0.1) is 11.1 Å². The second kappa shape index (κ2) is 6.19. The summed E-state index contributed by atoms with van der Waals surface area (Å²) in [7, 11) is 0. The molecule has 0 fully saturated rings. The summed E-state index contributed by atoms with van der Waals surface area (Å²) < 4.78 is 1.39. The quantitative estimate of drug-likeness (QED) is 0.699. The van der Waals surface area contributed by atoms with Crippen molar-refractivity contribution in [2.75, 3.05) is 5.32 Å². The number of aryl methyl sites for hydroxylation is 1. The van der Waals surface area contributed by atoms with Gasteiger partial charge in [-0.05, 0) is 31.0 Å². The van der Waals surface area contributed by atoms with Gasteiger partial charge in [-0.25, -0.2) is 4.98 Å². The fourth-order valence-corrected chi connectivity index (χ4v) is 2.47. The van der Waals surface area contributed by atoms with Crippen molar-refractivity contribution in [1.82, 2.24) is 14.5 Å². The maximum atomic E-state index is 13.0. The Morgan fingerprint density at radius 3 is 2.50 bits per heavy atom. The molecule has 0 spiro atoms. The van der Waals surface area contributed by atoms with E-state index in [1.54, 1.807) is 6.07 Å². The number of amides is 1. The lowest BCUT2D eigenvalue weighted by Crippen LogP contribution is -2.27. The van der Waals surface area contributed by atoms with E-state index in [0.29, 0.717) is 22.5 Å². The number of nitrogens with zero attached hydrogens (tertiary/aromatic N) is 2. The van der Waals surface area contributed by atoms with Crippen molar-refractivity contribution in [3.8, 4) is 18.0 Å². The van der Waals surface area contributed by atoms with Gasteiger partial charge in [0.25, 0.3) is 5.56 Å². The predicted octanol–water partition coefficient (Wildman–Crippen LogP) is 2.99. The fourth-order valence-electron chi connectivity index (χ4n) is 2.47. The lowest BCUT2D eigenvalue weighted by atomic mass is 9.96. The summed E-state index contributed by atoms with van der Waals surface area (Å²) in [6, 6.07) is 9.02. The average molecular weight is 348 g/mol. The first kappa shape index (κ1) is 17.5. The van der Waals surface area contributed by atoms with E-state index in [0.717, 1.165) is 5.56 Å². The smallest absolute Gasteiger partial charge is 0.268 e. The van der Waals surface area contributed by atoms with Crippen LogP contribution in [-0.4, -0.2) is 20.4 Å². The summed E-state index contributed by atoms with van der Waals surface area (Å²) in [5.41, 5.74) is 1.21. The lowest BCUT2D eigenvalue weighted by Gasteiger charge is -2.16. The maximum absolute atomic E-state index is 13.0. The van der Waals surface area contributed by atoms with Gasteiger partial charge in [0.1, 0.15) is 11.5 Å². The molecule has 0 aliphatic rings. The monoisotopic (exact) mass is 348 g/mol. The highest BCUT2D eigenvalue weighted by atomic mass is 16.2.